The van der Waals surface area contributed by atoms with Crippen LogP contribution in [-0.4, -0.2) is 47.6 Å². The van der Waals surface area contributed by atoms with E-state index in [0.717, 1.165) is 5.56 Å². The molecule has 0 radical (unpaired) electrons. The molecule has 0 aliphatic carbocycles. The molecule has 0 unspecified atom stereocenters. The second-order valence-electron chi connectivity index (χ2n) is 5.70. The molecule has 1 rings (SSSR count). The van der Waals surface area contributed by atoms with E-state index in [-0.39, 0.29) is 18.4 Å². The van der Waals surface area contributed by atoms with Gasteiger partial charge in [0.15, 0.2) is 0 Å². The molecule has 1 aromatic carbocycles. The molecule has 1 aromatic rings. The number of hydrogen-bond acceptors (Lipinski definition) is 3. The highest BCUT2D eigenvalue weighted by Crippen LogP contribution is 2.09. The van der Waals surface area contributed by atoms with Crippen molar-refractivity contribution in [2.45, 2.75) is 26.4 Å². The van der Waals surface area contributed by atoms with Crippen LogP contribution in [0.25, 0.3) is 6.08 Å². The Morgan fingerprint density at radius 2 is 1.86 bits per heavy atom. The van der Waals surface area contributed by atoms with Gasteiger partial charge in [0.05, 0.1) is 5.60 Å². The monoisotopic (exact) mass is 304 g/mol. The highest BCUT2D eigenvalue weighted by molar-refractivity contribution is 5.94. The molecule has 0 spiro atoms. The van der Waals surface area contributed by atoms with E-state index >= 15 is 0 Å². The normalized spacial score (nSPS) is 11.5. The number of hydrogen-bond donors (Lipinski definition) is 2. The number of aliphatic hydroxyl groups is 1. The van der Waals surface area contributed by atoms with E-state index in [1.54, 1.807) is 56.1 Å². The molecule has 0 bridgehead atoms. The number of carbonyl (C=O) groups is 2. The van der Waals surface area contributed by atoms with E-state index in [1.165, 1.54) is 6.08 Å². The quantitative estimate of drug-likeness (QED) is 0.786. The maximum atomic E-state index is 12.1. The van der Waals surface area contributed by atoms with Gasteiger partial charge in [0, 0.05) is 31.8 Å². The standard InChI is InChI=1S/C17H24N2O3/c1-5-19(12-17(2,3)22)15(20)11-8-13-6-9-14(10-7-13)16(21)18-4/h6-11,22H,5,12H2,1-4H3,(H,18,21). The van der Waals surface area contributed by atoms with Crippen LogP contribution in [-0.2, 0) is 4.79 Å². The first-order valence-corrected chi connectivity index (χ1v) is 7.28. The van der Waals surface area contributed by atoms with Gasteiger partial charge in [-0.05, 0) is 44.5 Å². The summed E-state index contributed by atoms with van der Waals surface area (Å²) in [7, 11) is 1.58. The van der Waals surface area contributed by atoms with Crippen LogP contribution in [0.3, 0.4) is 0 Å². The molecular weight excluding hydrogens is 280 g/mol. The van der Waals surface area contributed by atoms with Crippen LogP contribution in [0.15, 0.2) is 30.3 Å². The minimum absolute atomic E-state index is 0.144. The van der Waals surface area contributed by atoms with Crippen LogP contribution in [0.1, 0.15) is 36.7 Å². The Morgan fingerprint density at radius 3 is 2.32 bits per heavy atom. The van der Waals surface area contributed by atoms with E-state index in [0.29, 0.717) is 12.1 Å². The molecule has 120 valence electrons. The number of likely N-dealkylation sites (N-methyl/N-ethyl adjacent to an activating group) is 1. The van der Waals surface area contributed by atoms with Gasteiger partial charge in [-0.3, -0.25) is 9.59 Å². The molecular formula is C17H24N2O3. The SMILES string of the molecule is CCN(CC(C)(C)O)C(=O)C=Cc1ccc(C(=O)NC)cc1. The molecule has 5 heteroatoms. The van der Waals surface area contributed by atoms with E-state index in [2.05, 4.69) is 5.32 Å². The van der Waals surface area contributed by atoms with E-state index < -0.39 is 5.60 Å². The zero-order valence-corrected chi connectivity index (χ0v) is 13.6. The fourth-order valence-electron chi connectivity index (χ4n) is 1.98. The van der Waals surface area contributed by atoms with Crippen molar-refractivity contribution in [2.24, 2.45) is 0 Å². The summed E-state index contributed by atoms with van der Waals surface area (Å²) >= 11 is 0. The molecule has 0 aromatic heterocycles. The topological polar surface area (TPSA) is 69.6 Å². The zero-order chi connectivity index (χ0) is 16.8. The molecule has 22 heavy (non-hydrogen) atoms. The summed E-state index contributed by atoms with van der Waals surface area (Å²) in [4.78, 5) is 25.1. The number of nitrogens with zero attached hydrogens (tertiary/aromatic N) is 1. The van der Waals surface area contributed by atoms with Crippen LogP contribution in [0.2, 0.25) is 0 Å². The number of benzene rings is 1. The number of nitrogens with one attached hydrogen (secondary N) is 1. The lowest BCUT2D eigenvalue weighted by Crippen LogP contribution is -2.41. The Bertz CT molecular complexity index is 542. The number of carbonyl (C=O) groups excluding carboxylic acids is 2. The van der Waals surface area contributed by atoms with Crippen molar-refractivity contribution in [1.82, 2.24) is 10.2 Å². The Morgan fingerprint density at radius 1 is 1.27 bits per heavy atom. The second kappa shape index (κ2) is 7.75. The highest BCUT2D eigenvalue weighted by Gasteiger charge is 2.19. The Labute approximate surface area is 131 Å². The molecule has 0 aliphatic heterocycles. The third kappa shape index (κ3) is 5.69. The zero-order valence-electron chi connectivity index (χ0n) is 13.6. The summed E-state index contributed by atoms with van der Waals surface area (Å²) in [6.45, 7) is 6.02. The molecule has 0 saturated carbocycles. The molecule has 2 amide bonds. The second-order valence-corrected chi connectivity index (χ2v) is 5.70. The summed E-state index contributed by atoms with van der Waals surface area (Å²) in [6.07, 6.45) is 3.17. The summed E-state index contributed by atoms with van der Waals surface area (Å²) in [6, 6.07) is 6.97. The van der Waals surface area contributed by atoms with Crippen molar-refractivity contribution >= 4 is 17.9 Å². The van der Waals surface area contributed by atoms with Gasteiger partial charge >= 0.3 is 0 Å². The average molecular weight is 304 g/mol. The van der Waals surface area contributed by atoms with E-state index in [1.807, 2.05) is 6.92 Å². The van der Waals surface area contributed by atoms with Crippen LogP contribution in [0.4, 0.5) is 0 Å². The molecule has 0 saturated heterocycles. The molecule has 5 nitrogen and oxygen atoms in total. The average Bonchev–Trinajstić information content (AvgIpc) is 2.49. The molecule has 0 atom stereocenters. The molecule has 0 heterocycles. The first-order chi connectivity index (χ1) is 10.3. The fraction of sp³-hybridized carbons (Fsp3) is 0.412. The third-order valence-corrected chi connectivity index (χ3v) is 3.09. The summed E-state index contributed by atoms with van der Waals surface area (Å²) in [5.74, 6) is -0.297. The molecule has 0 aliphatic rings. The smallest absolute Gasteiger partial charge is 0.251 e. The van der Waals surface area contributed by atoms with Gasteiger partial charge in [0.1, 0.15) is 0 Å². The van der Waals surface area contributed by atoms with Gasteiger partial charge in [-0.2, -0.15) is 0 Å². The summed E-state index contributed by atoms with van der Waals surface area (Å²) < 4.78 is 0. The maximum Gasteiger partial charge on any atom is 0.251 e. The summed E-state index contributed by atoms with van der Waals surface area (Å²) in [5, 5.41) is 12.4. The van der Waals surface area contributed by atoms with Crippen molar-refractivity contribution in [3.63, 3.8) is 0 Å². The number of amides is 2. The van der Waals surface area contributed by atoms with Gasteiger partial charge in [-0.1, -0.05) is 12.1 Å². The Kier molecular flexibility index (Phi) is 6.31. The fourth-order valence-corrected chi connectivity index (χ4v) is 1.98. The predicted molar refractivity (Wildman–Crippen MR) is 87.4 cm³/mol. The Hall–Kier alpha value is -2.14. The first kappa shape index (κ1) is 17.9. The maximum absolute atomic E-state index is 12.1. The lowest BCUT2D eigenvalue weighted by atomic mass is 10.1. The third-order valence-electron chi connectivity index (χ3n) is 3.09. The molecule has 0 fully saturated rings. The lowest BCUT2D eigenvalue weighted by Gasteiger charge is -2.27. The largest absolute Gasteiger partial charge is 0.389 e. The van der Waals surface area contributed by atoms with Gasteiger partial charge in [-0.15, -0.1) is 0 Å². The van der Waals surface area contributed by atoms with Crippen molar-refractivity contribution in [2.75, 3.05) is 20.1 Å². The van der Waals surface area contributed by atoms with Crippen molar-refractivity contribution in [1.29, 1.82) is 0 Å². The van der Waals surface area contributed by atoms with Crippen molar-refractivity contribution in [3.05, 3.63) is 41.5 Å². The number of rotatable bonds is 6. The summed E-state index contributed by atoms with van der Waals surface area (Å²) in [5.41, 5.74) is 0.484. The minimum Gasteiger partial charge on any atom is -0.389 e. The van der Waals surface area contributed by atoms with Crippen LogP contribution in [0.5, 0.6) is 0 Å². The Balaban J connectivity index is 2.74. The van der Waals surface area contributed by atoms with Gasteiger partial charge in [-0.25, -0.2) is 0 Å². The first-order valence-electron chi connectivity index (χ1n) is 7.28. The predicted octanol–water partition coefficient (Wildman–Crippen LogP) is 1.68. The van der Waals surface area contributed by atoms with Crippen LogP contribution >= 0.6 is 0 Å². The van der Waals surface area contributed by atoms with Gasteiger partial charge in [0.25, 0.3) is 5.91 Å². The molecule has 2 N–H and O–H groups in total. The van der Waals surface area contributed by atoms with Gasteiger partial charge in [0.2, 0.25) is 5.91 Å². The van der Waals surface area contributed by atoms with Gasteiger partial charge < -0.3 is 15.3 Å². The van der Waals surface area contributed by atoms with Crippen LogP contribution < -0.4 is 5.32 Å². The van der Waals surface area contributed by atoms with E-state index in [9.17, 15) is 14.7 Å². The highest BCUT2D eigenvalue weighted by atomic mass is 16.3. The van der Waals surface area contributed by atoms with Crippen LogP contribution in [0, 0.1) is 0 Å². The minimum atomic E-state index is -0.922. The lowest BCUT2D eigenvalue weighted by molar-refractivity contribution is -0.128. The van der Waals surface area contributed by atoms with E-state index in [4.69, 9.17) is 0 Å². The van der Waals surface area contributed by atoms with Crippen molar-refractivity contribution < 1.29 is 14.7 Å². The van der Waals surface area contributed by atoms with Crippen molar-refractivity contribution in [3.8, 4) is 0 Å².